The number of benzene rings is 1. The summed E-state index contributed by atoms with van der Waals surface area (Å²) in [5, 5.41) is 14.6. The maximum Gasteiger partial charge on any atom is 0.316 e. The molecule has 1 aromatic carbocycles. The molecule has 2 bridgehead atoms. The molecule has 9 heteroatoms. The molecule has 0 spiro atoms. The van der Waals surface area contributed by atoms with Crippen molar-refractivity contribution in [2.45, 2.75) is 90.6 Å². The number of nitrogens with two attached hydrogens (primary N) is 1. The summed E-state index contributed by atoms with van der Waals surface area (Å²) in [6.07, 6.45) is 4.12. The highest BCUT2D eigenvalue weighted by atomic mass is 35.5. The quantitative estimate of drug-likeness (QED) is 0.190. The van der Waals surface area contributed by atoms with E-state index < -0.39 is 27.8 Å². The van der Waals surface area contributed by atoms with Crippen LogP contribution in [-0.4, -0.2) is 52.0 Å². The van der Waals surface area contributed by atoms with Crippen molar-refractivity contribution in [1.82, 2.24) is 5.32 Å². The fraction of sp³-hybridized carbons (Fsp3) is 0.667. The maximum absolute atomic E-state index is 13.6. The lowest BCUT2D eigenvalue weighted by Crippen LogP contribution is -2.63. The molecule has 0 saturated heterocycles. The first-order valence-electron chi connectivity index (χ1n) is 14.9. The highest BCUT2D eigenvalue weighted by molar-refractivity contribution is 8.01. The van der Waals surface area contributed by atoms with Gasteiger partial charge >= 0.3 is 5.97 Å². The molecule has 234 valence electrons. The Morgan fingerprint density at radius 1 is 1.24 bits per heavy atom. The van der Waals surface area contributed by atoms with Crippen molar-refractivity contribution in [1.29, 1.82) is 0 Å². The van der Waals surface area contributed by atoms with Crippen LogP contribution in [0.1, 0.15) is 84.0 Å². The molecule has 42 heavy (non-hydrogen) atoms. The van der Waals surface area contributed by atoms with Crippen LogP contribution in [0, 0.1) is 34.0 Å². The van der Waals surface area contributed by atoms with Gasteiger partial charge in [0, 0.05) is 40.1 Å². The Bertz CT molecular complexity index is 1210. The van der Waals surface area contributed by atoms with E-state index in [0.29, 0.717) is 30.6 Å². The summed E-state index contributed by atoms with van der Waals surface area (Å²) in [6, 6.07) is 6.92. The Morgan fingerprint density at radius 3 is 2.55 bits per heavy atom. The Hall–Kier alpha value is -2.03. The lowest BCUT2D eigenvalue weighted by molar-refractivity contribution is -0.205. The Morgan fingerprint density at radius 2 is 1.90 bits per heavy atom. The van der Waals surface area contributed by atoms with Crippen molar-refractivity contribution >= 4 is 47.5 Å². The molecular formula is C33H49ClN2O5S. The Labute approximate surface area is 261 Å². The molecule has 3 aliphatic carbocycles. The molecule has 3 fully saturated rings. The molecule has 7 nitrogen and oxygen atoms in total. The van der Waals surface area contributed by atoms with Gasteiger partial charge in [0.05, 0.1) is 17.4 Å². The van der Waals surface area contributed by atoms with E-state index in [1.54, 1.807) is 24.3 Å². The summed E-state index contributed by atoms with van der Waals surface area (Å²) in [6.45, 7) is 16.8. The Kier molecular flexibility index (Phi) is 10.3. The first-order valence-corrected chi connectivity index (χ1v) is 15.9. The number of nitrogen functional groups attached to an aromatic ring is 1. The zero-order valence-corrected chi connectivity index (χ0v) is 27.5. The largest absolute Gasteiger partial charge is 0.461 e. The first kappa shape index (κ1) is 34.5. The molecule has 8 atom stereocenters. The SMILES string of the molecule is C=C[C@]1(C)C[C@@H](OC(=O)CSC(C)(C)CNC(=O)c2ccccc2N)[C@]2(C)[C@H](C)CC[C@]3(CCC(=O)[C@@H]32)[C@@H](C)[C@@H]1O.Cl. The molecule has 0 heterocycles. The second-order valence-corrected chi connectivity index (χ2v) is 15.6. The van der Waals surface area contributed by atoms with Gasteiger partial charge in [0.1, 0.15) is 11.9 Å². The number of ketones is 1. The molecule has 4 N–H and O–H groups in total. The number of hydrogen-bond acceptors (Lipinski definition) is 7. The topological polar surface area (TPSA) is 119 Å². The van der Waals surface area contributed by atoms with E-state index in [1.807, 2.05) is 26.8 Å². The number of Topliss-reactive ketones (excluding diaryl/α,β-unsaturated/α-hetero) is 1. The molecule has 4 rings (SSSR count). The molecular weight excluding hydrogens is 572 g/mol. The minimum atomic E-state index is -0.692. The first-order chi connectivity index (χ1) is 19.1. The molecule has 3 saturated carbocycles. The highest BCUT2D eigenvalue weighted by Gasteiger charge is 2.68. The molecule has 1 amide bonds. The summed E-state index contributed by atoms with van der Waals surface area (Å²) in [5.74, 6) is -0.396. The molecule has 1 aromatic rings. The normalized spacial score (nSPS) is 36.1. The van der Waals surface area contributed by atoms with Crippen LogP contribution < -0.4 is 11.1 Å². The number of thioether (sulfide) groups is 1. The summed E-state index contributed by atoms with van der Waals surface area (Å²) in [7, 11) is 0. The number of anilines is 1. The number of ether oxygens (including phenoxy) is 1. The minimum absolute atomic E-state index is 0. The van der Waals surface area contributed by atoms with E-state index >= 15 is 0 Å². The van der Waals surface area contributed by atoms with E-state index in [-0.39, 0.29) is 59.0 Å². The number of aliphatic hydroxyl groups excluding tert-OH is 1. The second kappa shape index (κ2) is 12.5. The van der Waals surface area contributed by atoms with Gasteiger partial charge in [0.2, 0.25) is 0 Å². The zero-order chi connectivity index (χ0) is 30.4. The van der Waals surface area contributed by atoms with Crippen LogP contribution in [0.25, 0.3) is 0 Å². The third kappa shape index (κ3) is 6.00. The third-order valence-corrected chi connectivity index (χ3v) is 12.3. The van der Waals surface area contributed by atoms with Gasteiger partial charge in [-0.2, -0.15) is 0 Å². The van der Waals surface area contributed by atoms with Crippen molar-refractivity contribution in [3.8, 4) is 0 Å². The van der Waals surface area contributed by atoms with Crippen molar-refractivity contribution < 1.29 is 24.2 Å². The number of aliphatic hydroxyl groups is 1. The van der Waals surface area contributed by atoms with Gasteiger partial charge in [-0.25, -0.2) is 0 Å². The van der Waals surface area contributed by atoms with Gasteiger partial charge in [-0.05, 0) is 68.9 Å². The number of nitrogens with one attached hydrogen (secondary N) is 1. The van der Waals surface area contributed by atoms with Crippen molar-refractivity contribution in [3.63, 3.8) is 0 Å². The van der Waals surface area contributed by atoms with Crippen LogP contribution in [0.15, 0.2) is 36.9 Å². The molecule has 3 aliphatic rings. The molecule has 0 aromatic heterocycles. The predicted octanol–water partition coefficient (Wildman–Crippen LogP) is 5.84. The number of para-hydroxylation sites is 1. The highest BCUT2D eigenvalue weighted by Crippen LogP contribution is 2.68. The van der Waals surface area contributed by atoms with E-state index in [1.165, 1.54) is 11.8 Å². The standard InChI is InChI=1S/C33H48N2O5S.ClH/c1-8-31(6)17-25(32(7)20(2)13-15-33(21(3)28(31)38)16-14-24(36)27(32)33)40-26(37)18-41-30(4,5)19-35-29(39)22-11-9-10-12-23(22)34;/h8-12,20-21,25,27-28,38H,1,13-19,34H2,2-7H3,(H,35,39);1H/t20-,21+,25-,27-,28+,31-,32+,33+;/m1./s1. The number of hydrogen-bond donors (Lipinski definition) is 3. The summed E-state index contributed by atoms with van der Waals surface area (Å²) in [4.78, 5) is 39.7. The van der Waals surface area contributed by atoms with Gasteiger partial charge in [0.25, 0.3) is 5.91 Å². The van der Waals surface area contributed by atoms with Crippen LogP contribution in [0.2, 0.25) is 0 Å². The second-order valence-electron chi connectivity index (χ2n) is 13.9. The average Bonchev–Trinajstić information content (AvgIpc) is 3.29. The van der Waals surface area contributed by atoms with Crippen molar-refractivity contribution in [3.05, 3.63) is 42.5 Å². The van der Waals surface area contributed by atoms with E-state index in [0.717, 1.165) is 19.3 Å². The molecule has 0 radical (unpaired) electrons. The summed E-state index contributed by atoms with van der Waals surface area (Å²) >= 11 is 1.42. The average molecular weight is 621 g/mol. The van der Waals surface area contributed by atoms with Crippen molar-refractivity contribution in [2.75, 3.05) is 18.0 Å². The molecule has 0 unspecified atom stereocenters. The fourth-order valence-electron chi connectivity index (χ4n) is 8.09. The summed E-state index contributed by atoms with van der Waals surface area (Å²) < 4.78 is 5.91. The maximum atomic E-state index is 13.6. The number of rotatable bonds is 8. The van der Waals surface area contributed by atoms with Gasteiger partial charge in [-0.15, -0.1) is 30.7 Å². The third-order valence-electron chi connectivity index (χ3n) is 11.0. The van der Waals surface area contributed by atoms with Crippen LogP contribution in [0.4, 0.5) is 5.69 Å². The number of carbonyl (C=O) groups excluding carboxylic acids is 3. The van der Waals surface area contributed by atoms with E-state index in [4.69, 9.17) is 10.5 Å². The van der Waals surface area contributed by atoms with Gasteiger partial charge in [0.15, 0.2) is 0 Å². The smallest absolute Gasteiger partial charge is 0.316 e. The number of amides is 1. The van der Waals surface area contributed by atoms with Gasteiger partial charge < -0.3 is 20.9 Å². The monoisotopic (exact) mass is 620 g/mol. The van der Waals surface area contributed by atoms with Crippen molar-refractivity contribution in [2.24, 2.45) is 34.0 Å². The van der Waals surface area contributed by atoms with Crippen LogP contribution in [-0.2, 0) is 14.3 Å². The molecule has 0 aliphatic heterocycles. The lowest BCUT2D eigenvalue weighted by atomic mass is 9.44. The van der Waals surface area contributed by atoms with E-state index in [2.05, 4.69) is 32.7 Å². The van der Waals surface area contributed by atoms with Crippen LogP contribution in [0.5, 0.6) is 0 Å². The van der Waals surface area contributed by atoms with Gasteiger partial charge in [-0.3, -0.25) is 14.4 Å². The van der Waals surface area contributed by atoms with E-state index in [9.17, 15) is 19.5 Å². The lowest BCUT2D eigenvalue weighted by Gasteiger charge is -2.61. The van der Waals surface area contributed by atoms with Crippen LogP contribution >= 0.6 is 24.2 Å². The zero-order valence-electron chi connectivity index (χ0n) is 25.9. The van der Waals surface area contributed by atoms with Crippen LogP contribution in [0.3, 0.4) is 0 Å². The Balaban J connectivity index is 0.00000484. The predicted molar refractivity (Wildman–Crippen MR) is 172 cm³/mol. The van der Waals surface area contributed by atoms with Gasteiger partial charge in [-0.1, -0.05) is 45.9 Å². The minimum Gasteiger partial charge on any atom is -0.461 e. The number of halogens is 1. The fourth-order valence-corrected chi connectivity index (χ4v) is 8.84. The summed E-state index contributed by atoms with van der Waals surface area (Å²) in [5.41, 5.74) is 5.28. The number of carbonyl (C=O) groups is 3. The number of esters is 1.